The van der Waals surface area contributed by atoms with E-state index in [1.807, 2.05) is 54.5 Å². The normalized spacial score (nSPS) is 19.6. The summed E-state index contributed by atoms with van der Waals surface area (Å²) in [6.07, 6.45) is 32.0. The molecule has 1 aromatic heterocycles. The minimum absolute atomic E-state index is 0.0979. The number of nitrogens with zero attached hydrogens (tertiary/aromatic N) is 2. The summed E-state index contributed by atoms with van der Waals surface area (Å²) in [5.74, 6) is 1.61. The zero-order valence-electron chi connectivity index (χ0n) is 30.3. The molecule has 0 N–H and O–H groups in total. The Kier molecular flexibility index (Phi) is 18.0. The number of rotatable bonds is 12. The molecular weight excluding hydrogens is 840 g/mol. The van der Waals surface area contributed by atoms with Crippen LogP contribution in [-0.4, -0.2) is 38.9 Å². The van der Waals surface area contributed by atoms with E-state index in [-0.39, 0.29) is 6.10 Å². The fourth-order valence-electron chi connectivity index (χ4n) is 7.39. The molecule has 3 saturated carbocycles. The van der Waals surface area contributed by atoms with Crippen LogP contribution in [0.5, 0.6) is 11.5 Å². The predicted molar refractivity (Wildman–Crippen MR) is 201 cm³/mol. The van der Waals surface area contributed by atoms with E-state index in [2.05, 4.69) is 17.1 Å². The van der Waals surface area contributed by atoms with Crippen LogP contribution in [0.4, 0.5) is 25.2 Å². The van der Waals surface area contributed by atoms with Crippen LogP contribution < -0.4 is 14.0 Å². The summed E-state index contributed by atoms with van der Waals surface area (Å²) in [6, 6.07) is 5.81. The molecule has 3 fully saturated rings. The Morgan fingerprint density at radius 3 is 1.75 bits per heavy atom. The molecule has 0 atom stereocenters. The number of hydrogen-bond acceptors (Lipinski definition) is 2. The van der Waals surface area contributed by atoms with E-state index in [4.69, 9.17) is 28.9 Å². The first-order valence-electron chi connectivity index (χ1n) is 18.5. The Bertz CT molecular complexity index is 1290. The van der Waals surface area contributed by atoms with Crippen LogP contribution in [0.15, 0.2) is 36.9 Å². The molecule has 0 saturated heterocycles. The second-order valence-electron chi connectivity index (χ2n) is 14.3. The third-order valence-electron chi connectivity index (χ3n) is 9.42. The number of halogens is 8. The third-order valence-corrected chi connectivity index (χ3v) is 15.3. The van der Waals surface area contributed by atoms with Crippen molar-refractivity contribution in [3.8, 4) is 11.5 Å². The Morgan fingerprint density at radius 1 is 0.843 bits per heavy atom. The van der Waals surface area contributed by atoms with Crippen molar-refractivity contribution in [2.75, 3.05) is 6.61 Å². The summed E-state index contributed by atoms with van der Waals surface area (Å²) in [6.45, 7) is 5.67. The van der Waals surface area contributed by atoms with Gasteiger partial charge in [0.25, 0.3) is 0 Å². The van der Waals surface area contributed by atoms with Gasteiger partial charge in [0.2, 0.25) is 0 Å². The molecule has 15 heteroatoms. The molecule has 5 rings (SSSR count). The van der Waals surface area contributed by atoms with E-state index >= 15 is 0 Å². The molecule has 0 radical (unpaired) electrons. The minimum atomic E-state index is -10.7. The zero-order chi connectivity index (χ0) is 37.6. The number of ether oxygens (including phenoxy) is 2. The van der Waals surface area contributed by atoms with Crippen LogP contribution in [-0.2, 0) is 27.1 Å². The fraction of sp³-hybridized carbons (Fsp3) is 0.722. The van der Waals surface area contributed by atoms with Crippen LogP contribution in [0.2, 0.25) is 0 Å². The second kappa shape index (κ2) is 20.5. The topological polar surface area (TPSA) is 27.3 Å². The van der Waals surface area contributed by atoms with E-state index in [9.17, 15) is 25.2 Å². The number of imidazole rings is 1. The van der Waals surface area contributed by atoms with Crippen LogP contribution >= 0.6 is 35.1 Å². The van der Waals surface area contributed by atoms with Crippen molar-refractivity contribution < 1.29 is 52.7 Å². The van der Waals surface area contributed by atoms with Crippen LogP contribution in [0.25, 0.3) is 0 Å². The first kappa shape index (κ1) is 44.9. The zero-order valence-corrected chi connectivity index (χ0v) is 35.3. The maximum absolute atomic E-state index is 10.7. The Balaban J connectivity index is 0.000000238. The quantitative estimate of drug-likeness (QED) is 0.0698. The second-order valence-corrected chi connectivity index (χ2v) is 25.1. The Hall–Kier alpha value is -0.457. The predicted octanol–water partition coefficient (Wildman–Crippen LogP) is 13.9. The van der Waals surface area contributed by atoms with Gasteiger partial charge < -0.3 is 0 Å². The molecule has 0 aliphatic heterocycles. The average molecular weight is 899 g/mol. The first-order valence-corrected chi connectivity index (χ1v) is 27.5. The summed E-state index contributed by atoms with van der Waals surface area (Å²) >= 11 is -1.92. The van der Waals surface area contributed by atoms with Crippen molar-refractivity contribution in [1.82, 2.24) is 4.57 Å². The summed E-state index contributed by atoms with van der Waals surface area (Å²) in [5.41, 5.74) is 4.48. The van der Waals surface area contributed by atoms with Gasteiger partial charge in [0.1, 0.15) is 0 Å². The van der Waals surface area contributed by atoms with Gasteiger partial charge >= 0.3 is 189 Å². The molecule has 298 valence electrons. The molecule has 0 amide bonds. The number of benzene rings is 1. The van der Waals surface area contributed by atoms with Crippen molar-refractivity contribution in [2.24, 2.45) is 7.05 Å². The van der Waals surface area contributed by atoms with Gasteiger partial charge in [-0.2, -0.15) is 0 Å². The molecule has 0 spiro atoms. The molecule has 0 bridgehead atoms. The van der Waals surface area contributed by atoms with Gasteiger partial charge in [-0.3, -0.25) is 0 Å². The summed E-state index contributed by atoms with van der Waals surface area (Å²) in [4.78, 5) is 0. The fourth-order valence-corrected chi connectivity index (χ4v) is 13.9. The van der Waals surface area contributed by atoms with Crippen molar-refractivity contribution in [1.29, 1.82) is 0 Å². The molecule has 0 unspecified atom stereocenters. The molecule has 4 nitrogen and oxygen atoms in total. The summed E-state index contributed by atoms with van der Waals surface area (Å²) < 4.78 is 77.0. The van der Waals surface area contributed by atoms with E-state index in [1.165, 1.54) is 36.2 Å². The van der Waals surface area contributed by atoms with Crippen molar-refractivity contribution in [2.45, 2.75) is 153 Å². The van der Waals surface area contributed by atoms with E-state index in [0.717, 1.165) is 36.4 Å². The SMILES string of the molecule is C1CCC(P(C2CCCCC2)C2CCCCC2)CC1.CC(C)Oc1ccc(OCCCCn2cc[n+](C)c2)cc1[CH]=[Ru]([Cl])[Cl].F[P-](F)(F)(F)(F)F. The summed E-state index contributed by atoms with van der Waals surface area (Å²) in [7, 11) is 3.81. The van der Waals surface area contributed by atoms with Gasteiger partial charge in [0.15, 0.2) is 0 Å². The van der Waals surface area contributed by atoms with Gasteiger partial charge in [0.05, 0.1) is 7.05 Å². The monoisotopic (exact) mass is 898 g/mol. The Morgan fingerprint density at radius 2 is 1.33 bits per heavy atom. The maximum atomic E-state index is 9.87. The van der Waals surface area contributed by atoms with Gasteiger partial charge in [-0.25, -0.2) is 0 Å². The number of aryl methyl sites for hydroxylation is 2. The molecule has 1 aromatic carbocycles. The Labute approximate surface area is 315 Å². The van der Waals surface area contributed by atoms with E-state index in [1.54, 1.807) is 77.0 Å². The molecule has 51 heavy (non-hydrogen) atoms. The molecule has 3 aliphatic rings. The third kappa shape index (κ3) is 20.7. The molecule has 1 heterocycles. The standard InChI is InChI=1S/C18H25N2O2.C18H33P.2ClH.F6P.Ru/c1-15(2)22-18-8-7-17(13-16(18)3)21-12-6-5-9-20-11-10-19(4)14-20;1-4-10-16(11-5-1)19(17-12-6-2-7-13-17)18-14-8-3-9-15-18;;;1-7(2,3,4,5)6;/h3,7-8,10-11,13-15H,5-6,9,12H2,1-2,4H3;16-18H,1-15H2;2*1H;;/q+1;;;;-1;+2/p-2. The van der Waals surface area contributed by atoms with Crippen LogP contribution in [0.1, 0.15) is 129 Å². The van der Waals surface area contributed by atoms with Crippen molar-refractivity contribution in [3.05, 3.63) is 42.5 Å². The molecule has 2 aromatic rings. The average Bonchev–Trinajstić information content (AvgIpc) is 3.47. The van der Waals surface area contributed by atoms with Crippen molar-refractivity contribution in [3.63, 3.8) is 0 Å². The first-order chi connectivity index (χ1) is 23.8. The van der Waals surface area contributed by atoms with Gasteiger partial charge in [-0.15, -0.1) is 0 Å². The van der Waals surface area contributed by atoms with Crippen molar-refractivity contribution >= 4 is 39.7 Å². The van der Waals surface area contributed by atoms with Gasteiger partial charge in [-0.05, 0) is 55.5 Å². The molecular formula is C36H58Cl2F6N2O2P2Ru. The van der Waals surface area contributed by atoms with E-state index in [0.29, 0.717) is 14.5 Å². The van der Waals surface area contributed by atoms with Gasteiger partial charge in [-0.1, -0.05) is 65.7 Å². The molecule has 3 aliphatic carbocycles. The number of unbranched alkanes of at least 4 members (excludes halogenated alkanes) is 1. The number of hydrogen-bond donors (Lipinski definition) is 0. The van der Waals surface area contributed by atoms with Crippen LogP contribution in [0, 0.1) is 0 Å². The van der Waals surface area contributed by atoms with Crippen LogP contribution in [0.3, 0.4) is 0 Å². The summed E-state index contributed by atoms with van der Waals surface area (Å²) in [5, 5.41) is 0. The van der Waals surface area contributed by atoms with E-state index < -0.39 is 21.3 Å². The van der Waals surface area contributed by atoms with Gasteiger partial charge in [0, 0.05) is 0 Å². The number of aromatic nitrogens is 2.